The van der Waals surface area contributed by atoms with Crippen LogP contribution in [0.15, 0.2) is 48.5 Å². The van der Waals surface area contributed by atoms with E-state index in [2.05, 4.69) is 22.8 Å². The minimum atomic E-state index is -0.961. The highest BCUT2D eigenvalue weighted by atomic mass is 16.5. The van der Waals surface area contributed by atoms with E-state index < -0.39 is 5.97 Å². The van der Waals surface area contributed by atoms with Gasteiger partial charge in [-0.2, -0.15) is 0 Å². The summed E-state index contributed by atoms with van der Waals surface area (Å²) < 4.78 is 5.21. The number of hydrogen-bond donors (Lipinski definition) is 3. The molecule has 2 aromatic rings. The molecule has 3 rings (SSSR count). The second-order valence-corrected chi connectivity index (χ2v) is 6.90. The number of nitrogens with one attached hydrogen (secondary N) is 2. The zero-order valence-corrected chi connectivity index (χ0v) is 15.3. The molecule has 0 heterocycles. The second kappa shape index (κ2) is 8.12. The highest BCUT2D eigenvalue weighted by molar-refractivity contribution is 5.87. The first kappa shape index (κ1) is 18.8. The van der Waals surface area contributed by atoms with E-state index in [1.807, 2.05) is 12.1 Å². The van der Waals surface area contributed by atoms with Crippen LogP contribution in [0.4, 0.5) is 4.79 Å². The van der Waals surface area contributed by atoms with Crippen LogP contribution in [0.25, 0.3) is 0 Å². The van der Waals surface area contributed by atoms with Crippen LogP contribution in [0, 0.1) is 0 Å². The number of carboxylic acids is 1. The first-order valence-electron chi connectivity index (χ1n) is 9.01. The summed E-state index contributed by atoms with van der Waals surface area (Å²) in [6, 6.07) is 14.3. The number of benzene rings is 2. The van der Waals surface area contributed by atoms with Crippen molar-refractivity contribution < 1.29 is 19.4 Å². The fourth-order valence-electron chi connectivity index (χ4n) is 3.38. The minimum Gasteiger partial charge on any atom is -0.497 e. The highest BCUT2D eigenvalue weighted by Gasteiger charge is 2.38. The number of amides is 2. The summed E-state index contributed by atoms with van der Waals surface area (Å²) in [4.78, 5) is 23.0. The third-order valence-corrected chi connectivity index (χ3v) is 5.25. The number of aromatic carboxylic acids is 1. The number of rotatable bonds is 7. The maximum Gasteiger partial charge on any atom is 0.335 e. The Kier molecular flexibility index (Phi) is 5.64. The summed E-state index contributed by atoms with van der Waals surface area (Å²) in [6.07, 6.45) is 3.26. The van der Waals surface area contributed by atoms with Crippen LogP contribution >= 0.6 is 0 Å². The predicted octanol–water partition coefficient (Wildman–Crippen LogP) is 3.31. The summed E-state index contributed by atoms with van der Waals surface area (Å²) in [6.45, 7) is 0.935. The van der Waals surface area contributed by atoms with Crippen molar-refractivity contribution in [3.63, 3.8) is 0 Å². The number of carbonyl (C=O) groups excluding carboxylic acids is 1. The summed E-state index contributed by atoms with van der Waals surface area (Å²) in [5.74, 6) is -0.135. The Balaban J connectivity index is 1.52. The molecule has 0 atom stereocenters. The van der Waals surface area contributed by atoms with Gasteiger partial charge in [0.15, 0.2) is 0 Å². The molecule has 2 amide bonds. The van der Waals surface area contributed by atoms with Crippen molar-refractivity contribution >= 4 is 12.0 Å². The second-order valence-electron chi connectivity index (χ2n) is 6.90. The van der Waals surface area contributed by atoms with E-state index in [1.54, 1.807) is 19.2 Å². The molecular formula is C21H24N2O4. The summed E-state index contributed by atoms with van der Waals surface area (Å²) in [7, 11) is 1.65. The van der Waals surface area contributed by atoms with Crippen LogP contribution in [-0.4, -0.2) is 30.8 Å². The third-order valence-electron chi connectivity index (χ3n) is 5.25. The number of hydrogen-bond acceptors (Lipinski definition) is 3. The van der Waals surface area contributed by atoms with Gasteiger partial charge < -0.3 is 20.5 Å². The van der Waals surface area contributed by atoms with Crippen LogP contribution in [-0.2, 0) is 12.0 Å². The molecule has 6 nitrogen and oxygen atoms in total. The van der Waals surface area contributed by atoms with Crippen LogP contribution in [0.2, 0.25) is 0 Å². The predicted molar refractivity (Wildman–Crippen MR) is 102 cm³/mol. The molecule has 1 aliphatic rings. The fourth-order valence-corrected chi connectivity index (χ4v) is 3.38. The largest absolute Gasteiger partial charge is 0.497 e. The van der Waals surface area contributed by atoms with Gasteiger partial charge in [0.1, 0.15) is 5.75 Å². The highest BCUT2D eigenvalue weighted by Crippen LogP contribution is 2.43. The Morgan fingerprint density at radius 1 is 1.04 bits per heavy atom. The Hall–Kier alpha value is -3.02. The molecular weight excluding hydrogens is 344 g/mol. The van der Waals surface area contributed by atoms with Crippen molar-refractivity contribution in [2.75, 3.05) is 13.7 Å². The molecule has 1 fully saturated rings. The summed E-state index contributed by atoms with van der Waals surface area (Å²) >= 11 is 0. The maximum atomic E-state index is 12.2. The molecule has 0 spiro atoms. The molecule has 0 aromatic heterocycles. The molecule has 0 saturated heterocycles. The topological polar surface area (TPSA) is 87.7 Å². The van der Waals surface area contributed by atoms with Crippen molar-refractivity contribution in [2.45, 2.75) is 31.2 Å². The van der Waals surface area contributed by atoms with Gasteiger partial charge >= 0.3 is 12.0 Å². The molecule has 0 aliphatic heterocycles. The van der Waals surface area contributed by atoms with E-state index in [-0.39, 0.29) is 17.0 Å². The van der Waals surface area contributed by atoms with Gasteiger partial charge in [0.25, 0.3) is 0 Å². The molecule has 27 heavy (non-hydrogen) atoms. The zero-order chi connectivity index (χ0) is 19.3. The lowest BCUT2D eigenvalue weighted by Crippen LogP contribution is -2.48. The van der Waals surface area contributed by atoms with Crippen LogP contribution in [0.1, 0.15) is 40.7 Å². The standard InChI is InChI=1S/C21H24N2O4/c1-27-18-9-7-17(8-10-18)21(11-2-12-21)14-23-20(26)22-13-15-3-5-16(6-4-15)19(24)25/h3-10H,2,11-14H2,1H3,(H,24,25)(H2,22,23,26). The Labute approximate surface area is 158 Å². The van der Waals surface area contributed by atoms with Gasteiger partial charge in [0, 0.05) is 18.5 Å². The summed E-state index contributed by atoms with van der Waals surface area (Å²) in [5, 5.41) is 14.7. The van der Waals surface area contributed by atoms with Crippen molar-refractivity contribution in [1.29, 1.82) is 0 Å². The first-order chi connectivity index (χ1) is 13.0. The number of methoxy groups -OCH3 is 1. The number of carboxylic acid groups (broad SMARTS) is 1. The zero-order valence-electron chi connectivity index (χ0n) is 15.3. The first-order valence-corrected chi connectivity index (χ1v) is 9.01. The molecule has 1 aliphatic carbocycles. The lowest BCUT2D eigenvalue weighted by atomic mass is 9.64. The fraction of sp³-hybridized carbons (Fsp3) is 0.333. The lowest BCUT2D eigenvalue weighted by molar-refractivity contribution is 0.0697. The van der Waals surface area contributed by atoms with E-state index in [1.165, 1.54) is 17.7 Å². The molecule has 6 heteroatoms. The van der Waals surface area contributed by atoms with Gasteiger partial charge in [0.2, 0.25) is 0 Å². The molecule has 142 valence electrons. The van der Waals surface area contributed by atoms with Gasteiger partial charge in [0.05, 0.1) is 12.7 Å². The van der Waals surface area contributed by atoms with Crippen LogP contribution < -0.4 is 15.4 Å². The molecule has 0 unspecified atom stereocenters. The van der Waals surface area contributed by atoms with E-state index in [0.29, 0.717) is 13.1 Å². The molecule has 2 aromatic carbocycles. The molecule has 0 radical (unpaired) electrons. The van der Waals surface area contributed by atoms with Crippen molar-refractivity contribution in [3.8, 4) is 5.75 Å². The molecule has 0 bridgehead atoms. The average molecular weight is 368 g/mol. The van der Waals surface area contributed by atoms with E-state index in [0.717, 1.165) is 30.6 Å². The number of urea groups is 1. The van der Waals surface area contributed by atoms with Gasteiger partial charge in [-0.1, -0.05) is 30.7 Å². The van der Waals surface area contributed by atoms with Crippen LogP contribution in [0.3, 0.4) is 0 Å². The van der Waals surface area contributed by atoms with Gasteiger partial charge in [-0.05, 0) is 48.2 Å². The Bertz CT molecular complexity index is 796. The molecule has 1 saturated carbocycles. The van der Waals surface area contributed by atoms with Gasteiger partial charge in [-0.3, -0.25) is 0 Å². The van der Waals surface area contributed by atoms with E-state index >= 15 is 0 Å². The van der Waals surface area contributed by atoms with E-state index in [9.17, 15) is 9.59 Å². The SMILES string of the molecule is COc1ccc(C2(CNC(=O)NCc3ccc(C(=O)O)cc3)CCC2)cc1. The minimum absolute atomic E-state index is 0.00720. The smallest absolute Gasteiger partial charge is 0.335 e. The van der Waals surface area contributed by atoms with Crippen molar-refractivity contribution in [2.24, 2.45) is 0 Å². The van der Waals surface area contributed by atoms with E-state index in [4.69, 9.17) is 9.84 Å². The van der Waals surface area contributed by atoms with Crippen LogP contribution in [0.5, 0.6) is 5.75 Å². The molecule has 3 N–H and O–H groups in total. The quantitative estimate of drug-likeness (QED) is 0.700. The normalized spacial score (nSPS) is 14.7. The van der Waals surface area contributed by atoms with Crippen molar-refractivity contribution in [1.82, 2.24) is 10.6 Å². The van der Waals surface area contributed by atoms with Gasteiger partial charge in [-0.25, -0.2) is 9.59 Å². The monoisotopic (exact) mass is 368 g/mol. The number of ether oxygens (including phenoxy) is 1. The van der Waals surface area contributed by atoms with Crippen molar-refractivity contribution in [3.05, 3.63) is 65.2 Å². The lowest BCUT2D eigenvalue weighted by Gasteiger charge is -2.42. The van der Waals surface area contributed by atoms with Gasteiger partial charge in [-0.15, -0.1) is 0 Å². The maximum absolute atomic E-state index is 12.2. The Morgan fingerprint density at radius 2 is 1.70 bits per heavy atom. The number of carbonyl (C=O) groups is 2. The average Bonchev–Trinajstić information content (AvgIpc) is 2.66. The third kappa shape index (κ3) is 4.39. The summed E-state index contributed by atoms with van der Waals surface area (Å²) in [5.41, 5.74) is 2.30. The Morgan fingerprint density at radius 3 is 2.22 bits per heavy atom.